The number of aliphatic carboxylic acids is 2. The number of primary amides is 1. The number of carbonyl (C=O) groups is 4. The van der Waals surface area contributed by atoms with Gasteiger partial charge >= 0.3 is 11.9 Å². The van der Waals surface area contributed by atoms with Gasteiger partial charge in [0.05, 0.1) is 16.5 Å². The molecule has 9 nitrogen and oxygen atoms in total. The smallest absolute Gasteiger partial charge is 0.344 e. The Morgan fingerprint density at radius 1 is 1.17 bits per heavy atom. The maximum Gasteiger partial charge on any atom is 0.344 e. The number of nitrogens with two attached hydrogens (primary N) is 1. The number of carboxylic acid groups (broad SMARTS) is 2. The number of aromatic nitrogens is 1. The summed E-state index contributed by atoms with van der Waals surface area (Å²) >= 11 is 0. The van der Waals surface area contributed by atoms with Crippen molar-refractivity contribution in [2.24, 2.45) is 12.8 Å². The molecule has 0 bridgehead atoms. The van der Waals surface area contributed by atoms with Crippen LogP contribution in [0.5, 0.6) is 5.75 Å². The van der Waals surface area contributed by atoms with E-state index in [1.165, 1.54) is 11.6 Å². The predicted molar refractivity (Wildman–Crippen MR) is 142 cm³/mol. The van der Waals surface area contributed by atoms with E-state index in [0.717, 1.165) is 6.42 Å². The third-order valence-electron chi connectivity index (χ3n) is 4.39. The molecule has 1 aromatic carbocycles. The number of carboxylic acids is 2. The lowest BCUT2D eigenvalue weighted by molar-refractivity contribution is -0.146. The molecule has 1 unspecified atom stereocenters. The highest BCUT2D eigenvalue weighted by molar-refractivity contribution is 6.45. The monoisotopic (exact) mass is 504 g/mol. The number of hydrogen-bond acceptors (Lipinski definition) is 5. The average molecular weight is 505 g/mol. The fourth-order valence-electron chi connectivity index (χ4n) is 2.72. The molecule has 1 amide bonds. The number of benzene rings is 1. The van der Waals surface area contributed by atoms with Crippen LogP contribution in [0.4, 0.5) is 0 Å². The summed E-state index contributed by atoms with van der Waals surface area (Å²) in [4.78, 5) is 45.7. The molecular weight excluding hydrogens is 464 g/mol. The molecule has 0 aliphatic carbocycles. The molecule has 1 aromatic heterocycles. The van der Waals surface area contributed by atoms with E-state index in [4.69, 9.17) is 15.6 Å². The third-order valence-corrected chi connectivity index (χ3v) is 4.39. The van der Waals surface area contributed by atoms with Crippen molar-refractivity contribution in [1.82, 2.24) is 4.57 Å². The lowest BCUT2D eigenvalue weighted by Crippen LogP contribution is -2.28. The zero-order valence-electron chi connectivity index (χ0n) is 22.4. The minimum absolute atomic E-state index is 0.0352. The maximum atomic E-state index is 12.2. The number of aryl methyl sites for hydroxylation is 1. The number of carbonyl (C=O) groups excluding carboxylic acids is 2. The molecule has 0 fully saturated rings. The fraction of sp³-hybridized carbons (Fsp3) is 0.407. The summed E-state index contributed by atoms with van der Waals surface area (Å²) in [6, 6.07) is 4.74. The number of nitrogens with zero attached hydrogens (tertiary/aromatic N) is 1. The number of allylic oxidation sites excluding steroid dienone is 2. The van der Waals surface area contributed by atoms with Crippen molar-refractivity contribution >= 4 is 34.5 Å². The molecule has 2 aromatic rings. The van der Waals surface area contributed by atoms with Crippen molar-refractivity contribution in [3.63, 3.8) is 0 Å². The summed E-state index contributed by atoms with van der Waals surface area (Å²) in [6.07, 6.45) is 0.883. The Hall–Kier alpha value is -3.88. The first-order chi connectivity index (χ1) is 16.8. The summed E-state index contributed by atoms with van der Waals surface area (Å²) < 4.78 is 7.16. The van der Waals surface area contributed by atoms with Crippen LogP contribution in [0.2, 0.25) is 0 Å². The second kappa shape index (κ2) is 17.5. The Bertz CT molecular complexity index is 1060. The van der Waals surface area contributed by atoms with Crippen LogP contribution in [0.1, 0.15) is 69.9 Å². The molecule has 0 saturated carbocycles. The molecule has 4 N–H and O–H groups in total. The Balaban J connectivity index is 0. The van der Waals surface area contributed by atoms with Gasteiger partial charge in [-0.3, -0.25) is 14.4 Å². The van der Waals surface area contributed by atoms with Gasteiger partial charge in [-0.25, -0.2) is 4.79 Å². The molecular formula is C27H40N2O7. The van der Waals surface area contributed by atoms with Gasteiger partial charge in [0, 0.05) is 25.6 Å². The minimum Gasteiger partial charge on any atom is -0.481 e. The maximum absolute atomic E-state index is 12.2. The summed E-state index contributed by atoms with van der Waals surface area (Å²) in [6.45, 7) is 18.7. The van der Waals surface area contributed by atoms with E-state index < -0.39 is 36.2 Å². The Labute approximate surface area is 213 Å². The average Bonchev–Trinajstić information content (AvgIpc) is 3.07. The molecule has 36 heavy (non-hydrogen) atoms. The number of hydrogen-bond donors (Lipinski definition) is 3. The molecule has 200 valence electrons. The Morgan fingerprint density at radius 2 is 1.67 bits per heavy atom. The van der Waals surface area contributed by atoms with E-state index in [9.17, 15) is 24.3 Å². The SMILES string of the molecule is C=C(C)C.C=CCC.CC.Cc1c(C(=O)C(N)=O)c2c(OC(CCC(=O)O)C(=O)O)cccc2n1C. The molecule has 1 heterocycles. The van der Waals surface area contributed by atoms with Crippen molar-refractivity contribution in [3.8, 4) is 5.75 Å². The van der Waals surface area contributed by atoms with Crippen LogP contribution in [-0.4, -0.2) is 44.5 Å². The van der Waals surface area contributed by atoms with Crippen molar-refractivity contribution in [2.45, 2.75) is 66.9 Å². The number of fused-ring (bicyclic) bond motifs is 1. The topological polar surface area (TPSA) is 149 Å². The molecule has 1 atom stereocenters. The number of Topliss-reactive ketones (excluding diaryl/α,β-unsaturated/α-hetero) is 1. The zero-order chi connectivity index (χ0) is 28.6. The van der Waals surface area contributed by atoms with Gasteiger partial charge in [-0.1, -0.05) is 38.5 Å². The van der Waals surface area contributed by atoms with Gasteiger partial charge in [0.1, 0.15) is 5.75 Å². The van der Waals surface area contributed by atoms with Crippen LogP contribution in [0.15, 0.2) is 43.0 Å². The third kappa shape index (κ3) is 11.0. The summed E-state index contributed by atoms with van der Waals surface area (Å²) in [7, 11) is 1.68. The van der Waals surface area contributed by atoms with Gasteiger partial charge in [-0.2, -0.15) is 0 Å². The highest BCUT2D eigenvalue weighted by Crippen LogP contribution is 2.34. The van der Waals surface area contributed by atoms with Crippen molar-refractivity contribution in [2.75, 3.05) is 0 Å². The normalized spacial score (nSPS) is 10.2. The molecule has 0 aliphatic heterocycles. The van der Waals surface area contributed by atoms with E-state index in [-0.39, 0.29) is 23.1 Å². The lowest BCUT2D eigenvalue weighted by atomic mass is 10.1. The second-order valence-electron chi connectivity index (χ2n) is 7.64. The standard InChI is InChI=1S/C17H18N2O7.2C4H8.C2H6/c1-8-13(15(22)16(18)23)14-9(19(8)2)4-3-5-10(14)26-11(17(24)25)6-7-12(20)21;1-4(2)3;1-3-4-2;1-2/h3-5,11H,6-7H2,1-2H3,(H2,18,23)(H,20,21)(H,24,25);1H2,2-3H3;3H,1,4H2,2H3;1-2H3. The summed E-state index contributed by atoms with van der Waals surface area (Å²) in [5, 5.41) is 18.3. The largest absolute Gasteiger partial charge is 0.481 e. The van der Waals surface area contributed by atoms with Gasteiger partial charge in [0.15, 0.2) is 6.10 Å². The van der Waals surface area contributed by atoms with Gasteiger partial charge in [0.25, 0.3) is 11.7 Å². The van der Waals surface area contributed by atoms with E-state index in [0.29, 0.717) is 11.2 Å². The lowest BCUT2D eigenvalue weighted by Gasteiger charge is -2.15. The van der Waals surface area contributed by atoms with Crippen LogP contribution < -0.4 is 10.5 Å². The number of ether oxygens (including phenoxy) is 1. The van der Waals surface area contributed by atoms with Gasteiger partial charge < -0.3 is 25.3 Å². The first-order valence-corrected chi connectivity index (χ1v) is 11.6. The van der Waals surface area contributed by atoms with Gasteiger partial charge in [0.2, 0.25) is 0 Å². The molecule has 9 heteroatoms. The van der Waals surface area contributed by atoms with Crippen LogP contribution in [-0.2, 0) is 21.4 Å². The number of ketones is 1. The molecule has 0 saturated heterocycles. The van der Waals surface area contributed by atoms with Gasteiger partial charge in [-0.15, -0.1) is 13.2 Å². The van der Waals surface area contributed by atoms with E-state index in [2.05, 4.69) is 20.1 Å². The minimum atomic E-state index is -1.42. The number of amides is 1. The fourth-order valence-corrected chi connectivity index (χ4v) is 2.72. The van der Waals surface area contributed by atoms with Crippen LogP contribution in [0.3, 0.4) is 0 Å². The molecule has 0 spiro atoms. The van der Waals surface area contributed by atoms with Gasteiger partial charge in [-0.05, 0) is 39.3 Å². The Kier molecular flexibility index (Phi) is 16.7. The summed E-state index contributed by atoms with van der Waals surface area (Å²) in [5.74, 6) is -4.48. The van der Waals surface area contributed by atoms with Crippen LogP contribution in [0.25, 0.3) is 10.9 Å². The molecule has 0 aliphatic rings. The molecule has 2 rings (SSSR count). The van der Waals surface area contributed by atoms with Crippen LogP contribution >= 0.6 is 0 Å². The summed E-state index contributed by atoms with van der Waals surface area (Å²) in [5.41, 5.74) is 7.34. The predicted octanol–water partition coefficient (Wildman–Crippen LogP) is 5.04. The van der Waals surface area contributed by atoms with E-state index in [1.807, 2.05) is 33.8 Å². The quantitative estimate of drug-likeness (QED) is 0.246. The zero-order valence-corrected chi connectivity index (χ0v) is 22.4. The molecule has 0 radical (unpaired) electrons. The van der Waals surface area contributed by atoms with E-state index >= 15 is 0 Å². The van der Waals surface area contributed by atoms with E-state index in [1.54, 1.807) is 30.7 Å². The highest BCUT2D eigenvalue weighted by atomic mass is 16.5. The first kappa shape index (κ1) is 34.3. The number of rotatable bonds is 9. The van der Waals surface area contributed by atoms with Crippen molar-refractivity contribution in [1.29, 1.82) is 0 Å². The van der Waals surface area contributed by atoms with Crippen LogP contribution in [0, 0.1) is 6.92 Å². The Morgan fingerprint density at radius 3 is 2.06 bits per heavy atom. The van der Waals surface area contributed by atoms with Crippen molar-refractivity contribution in [3.05, 3.63) is 54.3 Å². The highest BCUT2D eigenvalue weighted by Gasteiger charge is 2.27. The second-order valence-corrected chi connectivity index (χ2v) is 7.64. The van der Waals surface area contributed by atoms with Crippen molar-refractivity contribution < 1.29 is 34.1 Å². The first-order valence-electron chi connectivity index (χ1n) is 11.6.